The Hall–Kier alpha value is -3.92. The molecule has 0 amide bonds. The summed E-state index contributed by atoms with van der Waals surface area (Å²) in [7, 11) is 0. The molecule has 0 saturated carbocycles. The van der Waals surface area contributed by atoms with Gasteiger partial charge in [0.25, 0.3) is 5.69 Å². The number of carbonyl (C=O) groups excluding carboxylic acids is 1. The van der Waals surface area contributed by atoms with Crippen LogP contribution in [0.1, 0.15) is 43.7 Å². The number of nitro groups is 1. The quantitative estimate of drug-likeness (QED) is 0.552. The molecule has 1 atom stereocenters. The molecule has 2 aromatic carbocycles. The highest BCUT2D eigenvalue weighted by Gasteiger charge is 2.44. The van der Waals surface area contributed by atoms with Gasteiger partial charge in [-0.1, -0.05) is 43.7 Å². The Labute approximate surface area is 186 Å². The van der Waals surface area contributed by atoms with Crippen molar-refractivity contribution >= 4 is 17.2 Å². The maximum atomic E-state index is 13.4. The first-order valence-corrected chi connectivity index (χ1v) is 10.4. The van der Waals surface area contributed by atoms with Crippen LogP contribution in [0.3, 0.4) is 0 Å². The van der Waals surface area contributed by atoms with E-state index in [-0.39, 0.29) is 28.3 Å². The molecular weight excluding hydrogens is 404 g/mol. The van der Waals surface area contributed by atoms with Gasteiger partial charge in [0.15, 0.2) is 5.78 Å². The molecule has 7 nitrogen and oxygen atoms in total. The number of Topliss-reactive ketones (excluding diaryl/α,β-unsaturated/α-hetero) is 1. The van der Waals surface area contributed by atoms with E-state index in [0.717, 1.165) is 16.9 Å². The summed E-state index contributed by atoms with van der Waals surface area (Å²) >= 11 is 0. The van der Waals surface area contributed by atoms with Crippen molar-refractivity contribution in [3.05, 3.63) is 92.4 Å². The lowest BCUT2D eigenvalue weighted by Crippen LogP contribution is -2.42. The van der Waals surface area contributed by atoms with Gasteiger partial charge in [-0.25, -0.2) is 0 Å². The smallest absolute Gasteiger partial charge is 0.269 e. The van der Waals surface area contributed by atoms with Crippen molar-refractivity contribution in [1.29, 1.82) is 5.26 Å². The summed E-state index contributed by atoms with van der Waals surface area (Å²) in [6.45, 7) is 6.08. The molecule has 0 unspecified atom stereocenters. The molecule has 2 aliphatic rings. The van der Waals surface area contributed by atoms with Crippen LogP contribution in [0, 0.1) is 33.8 Å². The number of non-ortho nitro benzene ring substituents is 1. The Morgan fingerprint density at radius 2 is 1.75 bits per heavy atom. The second-order valence-electron chi connectivity index (χ2n) is 9.16. The Morgan fingerprint density at radius 3 is 2.31 bits per heavy atom. The van der Waals surface area contributed by atoms with Gasteiger partial charge in [0.1, 0.15) is 5.82 Å². The number of nitrogens with zero attached hydrogens (tertiary/aromatic N) is 3. The molecule has 0 radical (unpaired) electrons. The number of hydrogen-bond donors (Lipinski definition) is 1. The maximum Gasteiger partial charge on any atom is 0.269 e. The van der Waals surface area contributed by atoms with Crippen LogP contribution in [0.2, 0.25) is 0 Å². The average Bonchev–Trinajstić information content (AvgIpc) is 2.73. The van der Waals surface area contributed by atoms with Crippen LogP contribution in [-0.4, -0.2) is 10.7 Å². The summed E-state index contributed by atoms with van der Waals surface area (Å²) < 4.78 is 0. The molecular formula is C25H24N4O3. The number of benzene rings is 2. The number of ketones is 1. The van der Waals surface area contributed by atoms with Gasteiger partial charge in [-0.3, -0.25) is 19.8 Å². The van der Waals surface area contributed by atoms with Gasteiger partial charge < -0.3 is 5.73 Å². The van der Waals surface area contributed by atoms with Crippen molar-refractivity contribution in [3.8, 4) is 6.07 Å². The largest absolute Gasteiger partial charge is 0.384 e. The van der Waals surface area contributed by atoms with Gasteiger partial charge in [0.2, 0.25) is 0 Å². The van der Waals surface area contributed by atoms with Crippen molar-refractivity contribution < 1.29 is 9.72 Å². The van der Waals surface area contributed by atoms with Gasteiger partial charge in [-0.05, 0) is 36.5 Å². The highest BCUT2D eigenvalue weighted by Crippen LogP contribution is 2.50. The van der Waals surface area contributed by atoms with E-state index >= 15 is 0 Å². The summed E-state index contributed by atoms with van der Waals surface area (Å²) in [5.41, 5.74) is 10.4. The zero-order valence-corrected chi connectivity index (χ0v) is 18.3. The number of anilines is 1. The number of hydrogen-bond acceptors (Lipinski definition) is 6. The molecule has 32 heavy (non-hydrogen) atoms. The molecule has 1 aliphatic heterocycles. The number of aryl methyl sites for hydroxylation is 1. The third-order valence-electron chi connectivity index (χ3n) is 6.11. The molecule has 162 valence electrons. The Morgan fingerprint density at radius 1 is 1.12 bits per heavy atom. The van der Waals surface area contributed by atoms with Crippen LogP contribution < -0.4 is 10.6 Å². The fourth-order valence-electron chi connectivity index (χ4n) is 4.62. The van der Waals surface area contributed by atoms with Crippen molar-refractivity contribution in [2.75, 3.05) is 4.90 Å². The summed E-state index contributed by atoms with van der Waals surface area (Å²) in [6.07, 6.45) is 0.973. The predicted octanol–water partition coefficient (Wildman–Crippen LogP) is 4.84. The molecule has 2 N–H and O–H groups in total. The van der Waals surface area contributed by atoms with Gasteiger partial charge in [0.05, 0.1) is 22.5 Å². The van der Waals surface area contributed by atoms with E-state index in [9.17, 15) is 20.2 Å². The topological polar surface area (TPSA) is 113 Å². The lowest BCUT2D eigenvalue weighted by atomic mass is 9.68. The lowest BCUT2D eigenvalue weighted by Gasteiger charge is -2.43. The normalized spacial score (nSPS) is 20.1. The molecule has 1 aliphatic carbocycles. The van der Waals surface area contributed by atoms with E-state index in [1.54, 1.807) is 12.1 Å². The zero-order chi connectivity index (χ0) is 23.2. The number of nitro benzene ring substituents is 1. The molecule has 1 heterocycles. The number of rotatable bonds is 3. The maximum absolute atomic E-state index is 13.4. The second kappa shape index (κ2) is 7.65. The monoisotopic (exact) mass is 428 g/mol. The number of allylic oxidation sites excluding steroid dienone is 3. The second-order valence-corrected chi connectivity index (χ2v) is 9.16. The minimum Gasteiger partial charge on any atom is -0.384 e. The Bertz CT molecular complexity index is 1220. The SMILES string of the molecule is Cc1ccc(N2C(N)=C(C#N)[C@@H](c3ccc([N+](=O)[O-])cc3)C3=C2CC(C)(C)CC3=O)cc1. The molecule has 0 fully saturated rings. The van der Waals surface area contributed by atoms with Gasteiger partial charge in [0, 0.05) is 35.5 Å². The van der Waals surface area contributed by atoms with Crippen LogP contribution in [-0.2, 0) is 4.79 Å². The van der Waals surface area contributed by atoms with Gasteiger partial charge in [-0.15, -0.1) is 0 Å². The minimum absolute atomic E-state index is 0.0306. The van der Waals surface area contributed by atoms with E-state index in [1.165, 1.54) is 12.1 Å². The first kappa shape index (κ1) is 21.3. The Kier molecular flexibility index (Phi) is 5.09. The van der Waals surface area contributed by atoms with E-state index in [1.807, 2.05) is 49.9 Å². The van der Waals surface area contributed by atoms with Crippen molar-refractivity contribution in [1.82, 2.24) is 0 Å². The predicted molar refractivity (Wildman–Crippen MR) is 121 cm³/mol. The van der Waals surface area contributed by atoms with E-state index in [4.69, 9.17) is 5.73 Å². The van der Waals surface area contributed by atoms with Gasteiger partial charge in [-0.2, -0.15) is 5.26 Å². The number of nitriles is 1. The highest BCUT2D eigenvalue weighted by molar-refractivity contribution is 6.01. The lowest BCUT2D eigenvalue weighted by molar-refractivity contribution is -0.384. The first-order valence-electron chi connectivity index (χ1n) is 10.4. The molecule has 0 saturated heterocycles. The molecule has 7 heteroatoms. The third kappa shape index (κ3) is 3.54. The van der Waals surface area contributed by atoms with E-state index < -0.39 is 10.8 Å². The van der Waals surface area contributed by atoms with Crippen molar-refractivity contribution in [3.63, 3.8) is 0 Å². The van der Waals surface area contributed by atoms with E-state index in [0.29, 0.717) is 24.0 Å². The van der Waals surface area contributed by atoms with Crippen LogP contribution in [0.15, 0.2) is 71.2 Å². The summed E-state index contributed by atoms with van der Waals surface area (Å²) in [5, 5.41) is 21.2. The minimum atomic E-state index is -0.652. The third-order valence-corrected chi connectivity index (χ3v) is 6.11. The standard InChI is InChI=1S/C25H24N4O3/c1-15-4-8-17(9-5-15)28-20-12-25(2,3)13-21(30)23(20)22(19(14-26)24(28)27)16-6-10-18(11-7-16)29(31)32/h4-11,22H,12-13,27H2,1-3H3/t22-/m1/s1. The van der Waals surface area contributed by atoms with Crippen LogP contribution in [0.5, 0.6) is 0 Å². The summed E-state index contributed by atoms with van der Waals surface area (Å²) in [6, 6.07) is 16.0. The fraction of sp³-hybridized carbons (Fsp3) is 0.280. The van der Waals surface area contributed by atoms with Crippen LogP contribution in [0.25, 0.3) is 0 Å². The number of carbonyl (C=O) groups is 1. The Balaban J connectivity index is 1.96. The average molecular weight is 428 g/mol. The molecule has 0 bridgehead atoms. The van der Waals surface area contributed by atoms with E-state index in [2.05, 4.69) is 6.07 Å². The summed E-state index contributed by atoms with van der Waals surface area (Å²) in [5.74, 6) is -0.401. The molecule has 2 aromatic rings. The zero-order valence-electron chi connectivity index (χ0n) is 18.3. The highest BCUT2D eigenvalue weighted by atomic mass is 16.6. The van der Waals surface area contributed by atoms with Crippen LogP contribution in [0.4, 0.5) is 11.4 Å². The molecule has 4 rings (SSSR count). The number of nitrogens with two attached hydrogens (primary N) is 1. The molecule has 0 spiro atoms. The summed E-state index contributed by atoms with van der Waals surface area (Å²) in [4.78, 5) is 25.9. The van der Waals surface area contributed by atoms with Crippen molar-refractivity contribution in [2.24, 2.45) is 11.1 Å². The first-order chi connectivity index (χ1) is 15.1. The fourth-order valence-corrected chi connectivity index (χ4v) is 4.62. The van der Waals surface area contributed by atoms with Gasteiger partial charge >= 0.3 is 0 Å². The van der Waals surface area contributed by atoms with Crippen molar-refractivity contribution in [2.45, 2.75) is 39.5 Å². The molecule has 0 aromatic heterocycles. The van der Waals surface area contributed by atoms with Crippen LogP contribution >= 0.6 is 0 Å².